The fraction of sp³-hybridized carbons (Fsp3) is 0.333. The monoisotopic (exact) mass is 142 g/mol. The van der Waals surface area contributed by atoms with Crippen LogP contribution in [-0.4, -0.2) is 11.5 Å². The lowest BCUT2D eigenvalue weighted by Gasteiger charge is -1.87. The summed E-state index contributed by atoms with van der Waals surface area (Å²) in [6.45, 7) is 0. The first-order valence-electron chi connectivity index (χ1n) is 2.63. The van der Waals surface area contributed by atoms with Gasteiger partial charge < -0.3 is 0 Å². The molecule has 0 aliphatic carbocycles. The summed E-state index contributed by atoms with van der Waals surface area (Å²) in [5.41, 5.74) is 0. The van der Waals surface area contributed by atoms with Crippen molar-refractivity contribution in [1.29, 1.82) is 0 Å². The van der Waals surface area contributed by atoms with Crippen molar-refractivity contribution < 1.29 is 0 Å². The Bertz CT molecular complexity index is 147. The third-order valence-corrected chi connectivity index (χ3v) is 3.45. The minimum Gasteiger partial charge on any atom is -0.121 e. The van der Waals surface area contributed by atoms with E-state index < -0.39 is 0 Å². The molecule has 2 heterocycles. The Morgan fingerprint density at radius 3 is 2.00 bits per heavy atom. The van der Waals surface area contributed by atoms with Crippen LogP contribution in [0.5, 0.6) is 0 Å². The lowest BCUT2D eigenvalue weighted by atomic mass is 10.5. The summed E-state index contributed by atoms with van der Waals surface area (Å²) in [5, 5.41) is 0. The van der Waals surface area contributed by atoms with Crippen molar-refractivity contribution in [3.63, 3.8) is 0 Å². The Labute approximate surface area is 57.4 Å². The molecule has 2 aliphatic rings. The molecular weight excluding hydrogens is 136 g/mol. The minimum atomic E-state index is 1.20. The van der Waals surface area contributed by atoms with Crippen LogP contribution in [0.15, 0.2) is 22.0 Å². The molecular formula is C6H6S2. The summed E-state index contributed by atoms with van der Waals surface area (Å²) in [4.78, 5) is 3.05. The fourth-order valence-electron chi connectivity index (χ4n) is 0.876. The van der Waals surface area contributed by atoms with Crippen molar-refractivity contribution in [2.45, 2.75) is 0 Å². The highest BCUT2D eigenvalue weighted by molar-refractivity contribution is 8.09. The van der Waals surface area contributed by atoms with E-state index in [2.05, 4.69) is 12.2 Å². The van der Waals surface area contributed by atoms with Gasteiger partial charge in [0.15, 0.2) is 0 Å². The first kappa shape index (κ1) is 5.00. The highest BCUT2D eigenvalue weighted by Gasteiger charge is 2.15. The van der Waals surface area contributed by atoms with Crippen LogP contribution in [0.1, 0.15) is 0 Å². The maximum Gasteiger partial charge on any atom is 0.0177 e. The molecule has 0 nitrogen and oxygen atoms in total. The zero-order chi connectivity index (χ0) is 5.40. The molecule has 0 radical (unpaired) electrons. The molecule has 0 bridgehead atoms. The van der Waals surface area contributed by atoms with Gasteiger partial charge in [0.1, 0.15) is 0 Å². The van der Waals surface area contributed by atoms with E-state index in [1.807, 2.05) is 23.5 Å². The van der Waals surface area contributed by atoms with Gasteiger partial charge in [-0.15, -0.1) is 23.5 Å². The lowest BCUT2D eigenvalue weighted by molar-refractivity contribution is 1.79. The van der Waals surface area contributed by atoms with Crippen LogP contribution in [0.25, 0.3) is 0 Å². The molecule has 0 spiro atoms. The predicted molar refractivity (Wildman–Crippen MR) is 41.1 cm³/mol. The van der Waals surface area contributed by atoms with Crippen LogP contribution in [0.4, 0.5) is 0 Å². The first-order chi connectivity index (χ1) is 3.97. The van der Waals surface area contributed by atoms with Gasteiger partial charge >= 0.3 is 0 Å². The number of hydrogen-bond acceptors (Lipinski definition) is 2. The number of thioether (sulfide) groups is 2. The summed E-state index contributed by atoms with van der Waals surface area (Å²) in [6.07, 6.45) is 4.63. The van der Waals surface area contributed by atoms with Gasteiger partial charge in [-0.25, -0.2) is 0 Å². The van der Waals surface area contributed by atoms with E-state index >= 15 is 0 Å². The number of rotatable bonds is 0. The van der Waals surface area contributed by atoms with E-state index in [9.17, 15) is 0 Å². The van der Waals surface area contributed by atoms with Crippen LogP contribution in [0.3, 0.4) is 0 Å². The topological polar surface area (TPSA) is 0 Å². The molecule has 42 valence electrons. The van der Waals surface area contributed by atoms with Crippen LogP contribution in [0, 0.1) is 0 Å². The molecule has 0 atom stereocenters. The van der Waals surface area contributed by atoms with Gasteiger partial charge in [0.2, 0.25) is 0 Å². The molecule has 0 N–H and O–H groups in total. The van der Waals surface area contributed by atoms with Crippen molar-refractivity contribution in [2.75, 3.05) is 11.5 Å². The molecule has 2 heteroatoms. The number of fused-ring (bicyclic) bond motifs is 1. The zero-order valence-electron chi connectivity index (χ0n) is 4.39. The lowest BCUT2D eigenvalue weighted by Crippen LogP contribution is -1.59. The van der Waals surface area contributed by atoms with Gasteiger partial charge in [-0.05, 0) is 0 Å². The van der Waals surface area contributed by atoms with Crippen molar-refractivity contribution in [3.05, 3.63) is 22.0 Å². The SMILES string of the molecule is C1=C2SCC=C2SC1. The molecule has 0 fully saturated rings. The summed E-state index contributed by atoms with van der Waals surface area (Å²) in [6, 6.07) is 0. The predicted octanol–water partition coefficient (Wildman–Crippen LogP) is 2.25. The van der Waals surface area contributed by atoms with Gasteiger partial charge in [-0.3, -0.25) is 0 Å². The second-order valence-electron chi connectivity index (χ2n) is 1.76. The highest BCUT2D eigenvalue weighted by Crippen LogP contribution is 2.42. The van der Waals surface area contributed by atoms with Gasteiger partial charge in [-0.2, -0.15) is 0 Å². The zero-order valence-corrected chi connectivity index (χ0v) is 6.02. The smallest absolute Gasteiger partial charge is 0.0177 e. The minimum absolute atomic E-state index is 1.20. The Balaban J connectivity index is 2.37. The highest BCUT2D eigenvalue weighted by atomic mass is 32.2. The van der Waals surface area contributed by atoms with Gasteiger partial charge in [0.05, 0.1) is 0 Å². The fourth-order valence-corrected chi connectivity index (χ4v) is 3.15. The average Bonchev–Trinajstić information content (AvgIpc) is 2.15. The second kappa shape index (κ2) is 1.85. The Kier molecular flexibility index (Phi) is 1.16. The van der Waals surface area contributed by atoms with Gasteiger partial charge in [0.25, 0.3) is 0 Å². The third-order valence-electron chi connectivity index (χ3n) is 1.26. The van der Waals surface area contributed by atoms with Crippen molar-refractivity contribution >= 4 is 23.5 Å². The molecule has 0 aromatic heterocycles. The summed E-state index contributed by atoms with van der Waals surface area (Å²) < 4.78 is 0. The number of hydrogen-bond donors (Lipinski definition) is 0. The van der Waals surface area contributed by atoms with Gasteiger partial charge in [0, 0.05) is 21.3 Å². The Morgan fingerprint density at radius 1 is 1.00 bits per heavy atom. The molecule has 2 rings (SSSR count). The third kappa shape index (κ3) is 0.633. The molecule has 0 unspecified atom stereocenters. The summed E-state index contributed by atoms with van der Waals surface area (Å²) >= 11 is 3.92. The van der Waals surface area contributed by atoms with Crippen LogP contribution in [0.2, 0.25) is 0 Å². The van der Waals surface area contributed by atoms with Crippen molar-refractivity contribution in [3.8, 4) is 0 Å². The molecule has 8 heavy (non-hydrogen) atoms. The molecule has 0 saturated carbocycles. The van der Waals surface area contributed by atoms with E-state index in [-0.39, 0.29) is 0 Å². The maximum atomic E-state index is 2.31. The summed E-state index contributed by atoms with van der Waals surface area (Å²) in [5.74, 6) is 2.41. The Hall–Kier alpha value is 0.180. The standard InChI is InChI=1S/C6H6S2/c1-3-7-6-2-4-8-5(1)6/h1-2H,3-4H2. The summed E-state index contributed by atoms with van der Waals surface area (Å²) in [7, 11) is 0. The quantitative estimate of drug-likeness (QED) is 0.509. The largest absolute Gasteiger partial charge is 0.121 e. The normalized spacial score (nSPS) is 25.0. The van der Waals surface area contributed by atoms with Gasteiger partial charge in [-0.1, -0.05) is 12.2 Å². The van der Waals surface area contributed by atoms with E-state index in [1.165, 1.54) is 21.3 Å². The van der Waals surface area contributed by atoms with Crippen LogP contribution >= 0.6 is 23.5 Å². The Morgan fingerprint density at radius 2 is 1.50 bits per heavy atom. The van der Waals surface area contributed by atoms with E-state index in [4.69, 9.17) is 0 Å². The molecule has 0 aromatic rings. The first-order valence-corrected chi connectivity index (χ1v) is 4.60. The van der Waals surface area contributed by atoms with E-state index in [1.54, 1.807) is 0 Å². The molecule has 2 aliphatic heterocycles. The van der Waals surface area contributed by atoms with Crippen molar-refractivity contribution in [1.82, 2.24) is 0 Å². The molecule has 0 amide bonds. The van der Waals surface area contributed by atoms with E-state index in [0.717, 1.165) is 0 Å². The second-order valence-corrected chi connectivity index (χ2v) is 3.88. The molecule has 0 aromatic carbocycles. The van der Waals surface area contributed by atoms with Crippen molar-refractivity contribution in [2.24, 2.45) is 0 Å². The van der Waals surface area contributed by atoms with Crippen LogP contribution in [-0.2, 0) is 0 Å². The maximum absolute atomic E-state index is 2.31. The average molecular weight is 142 g/mol. The van der Waals surface area contributed by atoms with E-state index in [0.29, 0.717) is 0 Å². The van der Waals surface area contributed by atoms with Crippen LogP contribution < -0.4 is 0 Å². The molecule has 0 saturated heterocycles.